The zero-order chi connectivity index (χ0) is 6.85. The van der Waals surface area contributed by atoms with E-state index in [1.54, 1.807) is 0 Å². The molecule has 3 nitrogen and oxygen atoms in total. The highest BCUT2D eigenvalue weighted by Gasteiger charge is 2.00. The van der Waals surface area contributed by atoms with Gasteiger partial charge in [0.05, 0.1) is 0 Å². The fourth-order valence-electron chi connectivity index (χ4n) is 0.483. The van der Waals surface area contributed by atoms with Gasteiger partial charge in [-0.15, -0.1) is 0 Å². The third-order valence-electron chi connectivity index (χ3n) is 0.876. The molecule has 0 bridgehead atoms. The Morgan fingerprint density at radius 1 is 1.56 bits per heavy atom. The van der Waals surface area contributed by atoms with Crippen molar-refractivity contribution in [1.82, 2.24) is 0 Å². The van der Waals surface area contributed by atoms with Crippen LogP contribution in [0.5, 0.6) is 5.95 Å². The van der Waals surface area contributed by atoms with Crippen LogP contribution in [0.15, 0.2) is 23.1 Å². The molecular formula is C6H6O3. The van der Waals surface area contributed by atoms with Crippen LogP contribution in [0.4, 0.5) is 0 Å². The zero-order valence-electron chi connectivity index (χ0n) is 4.66. The molecule has 0 fully saturated rings. The molecule has 0 amide bonds. The van der Waals surface area contributed by atoms with E-state index in [1.807, 2.05) is 0 Å². The Hall–Kier alpha value is -1.38. The Morgan fingerprint density at radius 2 is 2.22 bits per heavy atom. The van der Waals surface area contributed by atoms with E-state index in [1.165, 1.54) is 12.1 Å². The molecule has 9 heavy (non-hydrogen) atoms. The van der Waals surface area contributed by atoms with Crippen LogP contribution in [0.25, 0.3) is 5.76 Å². The van der Waals surface area contributed by atoms with Crippen molar-refractivity contribution in [2.45, 2.75) is 0 Å². The first kappa shape index (κ1) is 5.75. The lowest BCUT2D eigenvalue weighted by atomic mass is 10.4. The summed E-state index contributed by atoms with van der Waals surface area (Å²) in [6.45, 7) is 3.19. The van der Waals surface area contributed by atoms with Gasteiger partial charge in [0.25, 0.3) is 5.95 Å². The lowest BCUT2D eigenvalue weighted by molar-refractivity contribution is 0.321. The smallest absolute Gasteiger partial charge is 0.282 e. The highest BCUT2D eigenvalue weighted by molar-refractivity contribution is 5.50. The summed E-state index contributed by atoms with van der Waals surface area (Å²) in [6.07, 6.45) is 0. The number of aromatic hydroxyl groups is 1. The summed E-state index contributed by atoms with van der Waals surface area (Å²) in [7, 11) is 0. The molecule has 1 heterocycles. The van der Waals surface area contributed by atoms with Gasteiger partial charge in [0.2, 0.25) is 0 Å². The molecule has 0 spiro atoms. The van der Waals surface area contributed by atoms with Crippen molar-refractivity contribution >= 4 is 5.76 Å². The van der Waals surface area contributed by atoms with Crippen molar-refractivity contribution in [3.8, 4) is 5.95 Å². The van der Waals surface area contributed by atoms with Gasteiger partial charge in [0.15, 0.2) is 11.5 Å². The molecule has 2 N–H and O–H groups in total. The summed E-state index contributed by atoms with van der Waals surface area (Å²) >= 11 is 0. The Morgan fingerprint density at radius 3 is 2.44 bits per heavy atom. The molecule has 3 heteroatoms. The SMILES string of the molecule is C=C(O)c1ccc(O)o1. The molecule has 0 unspecified atom stereocenters. The maximum atomic E-state index is 8.64. The minimum Gasteiger partial charge on any atom is -0.505 e. The molecular weight excluding hydrogens is 120 g/mol. The van der Waals surface area contributed by atoms with Crippen molar-refractivity contribution in [2.75, 3.05) is 0 Å². The van der Waals surface area contributed by atoms with Gasteiger partial charge in [-0.3, -0.25) is 0 Å². The number of hydrogen-bond donors (Lipinski definition) is 2. The minimum atomic E-state index is -0.222. The van der Waals surface area contributed by atoms with Gasteiger partial charge in [-0.1, -0.05) is 6.58 Å². The van der Waals surface area contributed by atoms with E-state index in [2.05, 4.69) is 11.0 Å². The van der Waals surface area contributed by atoms with E-state index in [4.69, 9.17) is 10.2 Å². The summed E-state index contributed by atoms with van der Waals surface area (Å²) in [5.41, 5.74) is 0. The third kappa shape index (κ3) is 1.05. The summed E-state index contributed by atoms with van der Waals surface area (Å²) in [5.74, 6) is -0.219. The van der Waals surface area contributed by atoms with Crippen molar-refractivity contribution in [2.24, 2.45) is 0 Å². The van der Waals surface area contributed by atoms with E-state index in [9.17, 15) is 0 Å². The fraction of sp³-hybridized carbons (Fsp3) is 0. The Balaban J connectivity index is 2.98. The van der Waals surface area contributed by atoms with E-state index >= 15 is 0 Å². The van der Waals surface area contributed by atoms with Gasteiger partial charge in [-0.25, -0.2) is 0 Å². The van der Waals surface area contributed by atoms with Crippen molar-refractivity contribution in [1.29, 1.82) is 0 Å². The molecule has 0 aliphatic rings. The largest absolute Gasteiger partial charge is 0.505 e. The average molecular weight is 126 g/mol. The van der Waals surface area contributed by atoms with Crippen LogP contribution in [0, 0.1) is 0 Å². The maximum absolute atomic E-state index is 8.64. The van der Waals surface area contributed by atoms with E-state index < -0.39 is 0 Å². The van der Waals surface area contributed by atoms with Crippen LogP contribution >= 0.6 is 0 Å². The maximum Gasteiger partial charge on any atom is 0.282 e. The molecule has 0 aromatic carbocycles. The average Bonchev–Trinajstić information content (AvgIpc) is 2.14. The van der Waals surface area contributed by atoms with Crippen molar-refractivity contribution in [3.05, 3.63) is 24.5 Å². The molecule has 0 saturated carbocycles. The van der Waals surface area contributed by atoms with Crippen LogP contribution in [0.2, 0.25) is 0 Å². The Kier molecular flexibility index (Phi) is 1.18. The fourth-order valence-corrected chi connectivity index (χ4v) is 0.483. The molecule has 0 aliphatic heterocycles. The van der Waals surface area contributed by atoms with Crippen molar-refractivity contribution < 1.29 is 14.6 Å². The minimum absolute atomic E-state index is 0.185. The predicted octanol–water partition coefficient (Wildman–Crippen LogP) is 1.51. The topological polar surface area (TPSA) is 53.6 Å². The highest BCUT2D eigenvalue weighted by atomic mass is 16.5. The second-order valence-electron chi connectivity index (χ2n) is 1.58. The first-order valence-electron chi connectivity index (χ1n) is 2.37. The number of rotatable bonds is 1. The van der Waals surface area contributed by atoms with Crippen LogP contribution in [0.3, 0.4) is 0 Å². The molecule has 0 aliphatic carbocycles. The highest BCUT2D eigenvalue weighted by Crippen LogP contribution is 2.17. The molecule has 0 radical (unpaired) electrons. The lowest BCUT2D eigenvalue weighted by Crippen LogP contribution is -1.70. The third-order valence-corrected chi connectivity index (χ3v) is 0.876. The van der Waals surface area contributed by atoms with E-state index in [-0.39, 0.29) is 17.5 Å². The predicted molar refractivity (Wildman–Crippen MR) is 32.0 cm³/mol. The zero-order valence-corrected chi connectivity index (χ0v) is 4.66. The first-order valence-corrected chi connectivity index (χ1v) is 2.37. The van der Waals surface area contributed by atoms with Crippen LogP contribution in [-0.2, 0) is 0 Å². The van der Waals surface area contributed by atoms with E-state index in [0.717, 1.165) is 0 Å². The first-order chi connectivity index (χ1) is 4.20. The van der Waals surface area contributed by atoms with Gasteiger partial charge >= 0.3 is 0 Å². The Bertz CT molecular complexity index is 224. The number of aliphatic hydroxyl groups excluding tert-OH is 1. The summed E-state index contributed by atoms with van der Waals surface area (Å²) in [5, 5.41) is 17.2. The Labute approximate surface area is 51.9 Å². The molecule has 1 rings (SSSR count). The van der Waals surface area contributed by atoms with Crippen molar-refractivity contribution in [3.63, 3.8) is 0 Å². The monoisotopic (exact) mass is 126 g/mol. The lowest BCUT2D eigenvalue weighted by Gasteiger charge is -1.86. The number of aliphatic hydroxyl groups is 1. The molecule has 48 valence electrons. The summed E-state index contributed by atoms with van der Waals surface area (Å²) < 4.78 is 4.55. The van der Waals surface area contributed by atoms with Gasteiger partial charge in [-0.05, 0) is 6.07 Å². The standard InChI is InChI=1S/C6H6O3/c1-4(7)5-2-3-6(8)9-5/h2-3,7-8H,1H2. The van der Waals surface area contributed by atoms with Gasteiger partial charge in [0, 0.05) is 6.07 Å². The van der Waals surface area contributed by atoms with Crippen LogP contribution < -0.4 is 0 Å². The molecule has 1 aromatic rings. The van der Waals surface area contributed by atoms with Crippen LogP contribution in [-0.4, -0.2) is 10.2 Å². The van der Waals surface area contributed by atoms with Gasteiger partial charge < -0.3 is 14.6 Å². The normalized spacial score (nSPS) is 9.33. The summed E-state index contributed by atoms with van der Waals surface area (Å²) in [4.78, 5) is 0. The van der Waals surface area contributed by atoms with Crippen LogP contribution in [0.1, 0.15) is 5.76 Å². The summed E-state index contributed by atoms with van der Waals surface area (Å²) in [6, 6.07) is 2.76. The van der Waals surface area contributed by atoms with E-state index in [0.29, 0.717) is 0 Å². The second-order valence-corrected chi connectivity index (χ2v) is 1.58. The number of furan rings is 1. The molecule has 0 atom stereocenters. The second kappa shape index (κ2) is 1.85. The quantitative estimate of drug-likeness (QED) is 0.561. The number of hydrogen-bond acceptors (Lipinski definition) is 3. The molecule has 0 saturated heterocycles. The van der Waals surface area contributed by atoms with Gasteiger partial charge in [-0.2, -0.15) is 0 Å². The van der Waals surface area contributed by atoms with Gasteiger partial charge in [0.1, 0.15) is 0 Å². The molecule has 1 aromatic heterocycles.